The summed E-state index contributed by atoms with van der Waals surface area (Å²) in [7, 11) is 0. The molecule has 4 rings (SSSR count). The van der Waals surface area contributed by atoms with Gasteiger partial charge in [-0.2, -0.15) is 0 Å². The number of carbonyl (C=O) groups excluding carboxylic acids is 2. The minimum absolute atomic E-state index is 0.0917. The molecule has 1 aliphatic heterocycles. The molecule has 194 valence electrons. The minimum atomic E-state index is -5.07. The van der Waals surface area contributed by atoms with Crippen LogP contribution in [0.25, 0.3) is 0 Å². The molecule has 1 aromatic heterocycles. The molecule has 2 heterocycles. The number of nitrogens with zero attached hydrogens (tertiary/aromatic N) is 3. The number of halogens is 5. The Morgan fingerprint density at radius 2 is 1.81 bits per heavy atom. The van der Waals surface area contributed by atoms with Gasteiger partial charge in [-0.3, -0.25) is 14.5 Å². The van der Waals surface area contributed by atoms with Crippen LogP contribution in [0, 0.1) is 11.7 Å². The van der Waals surface area contributed by atoms with E-state index in [1.165, 1.54) is 25.6 Å². The molecular formula is C23H23F5N4O4. The Balaban J connectivity index is 1.80. The zero-order chi connectivity index (χ0) is 26.1. The first-order valence-corrected chi connectivity index (χ1v) is 11.2. The first kappa shape index (κ1) is 25.7. The fraction of sp³-hybridized carbons (Fsp3) is 0.478. The third-order valence-corrected chi connectivity index (χ3v) is 6.21. The summed E-state index contributed by atoms with van der Waals surface area (Å²) in [6.07, 6.45) is -2.00. The molecule has 2 aromatic rings. The van der Waals surface area contributed by atoms with Crippen LogP contribution in [0.1, 0.15) is 31.7 Å². The molecule has 2 fully saturated rings. The molecule has 36 heavy (non-hydrogen) atoms. The van der Waals surface area contributed by atoms with Gasteiger partial charge < -0.3 is 14.8 Å². The number of alkyl halides is 4. The number of carbonyl (C=O) groups is 2. The maximum absolute atomic E-state index is 15.3. The number of nitrogens with one attached hydrogen (secondary N) is 1. The van der Waals surface area contributed by atoms with E-state index < -0.39 is 53.1 Å². The Morgan fingerprint density at radius 3 is 2.36 bits per heavy atom. The number of rotatable bonds is 7. The van der Waals surface area contributed by atoms with Crippen LogP contribution >= 0.6 is 0 Å². The molecule has 3 atom stereocenters. The number of hydrogen-bond acceptors (Lipinski definition) is 6. The third-order valence-electron chi connectivity index (χ3n) is 6.21. The minimum Gasteiger partial charge on any atom is -0.406 e. The van der Waals surface area contributed by atoms with Crippen LogP contribution in [-0.2, 0) is 19.9 Å². The van der Waals surface area contributed by atoms with E-state index in [0.29, 0.717) is 32.1 Å². The van der Waals surface area contributed by atoms with Gasteiger partial charge in [-0.15, -0.1) is 13.2 Å². The average molecular weight is 514 g/mol. The Kier molecular flexibility index (Phi) is 7.12. The molecule has 8 nitrogen and oxygen atoms in total. The maximum atomic E-state index is 15.3. The van der Waals surface area contributed by atoms with Gasteiger partial charge in [0.15, 0.2) is 11.4 Å². The van der Waals surface area contributed by atoms with Crippen LogP contribution in [0.3, 0.4) is 0 Å². The highest BCUT2D eigenvalue weighted by molar-refractivity contribution is 6.06. The van der Waals surface area contributed by atoms with Crippen LogP contribution in [-0.4, -0.2) is 53.6 Å². The lowest BCUT2D eigenvalue weighted by molar-refractivity contribution is -0.274. The average Bonchev–Trinajstić information content (AvgIpc) is 3.57. The van der Waals surface area contributed by atoms with Gasteiger partial charge in [0, 0.05) is 43.3 Å². The molecule has 0 spiro atoms. The van der Waals surface area contributed by atoms with Crippen molar-refractivity contribution in [3.05, 3.63) is 48.3 Å². The van der Waals surface area contributed by atoms with E-state index in [9.17, 15) is 27.2 Å². The predicted molar refractivity (Wildman–Crippen MR) is 115 cm³/mol. The van der Waals surface area contributed by atoms with Crippen molar-refractivity contribution in [2.24, 2.45) is 5.92 Å². The molecule has 0 bridgehead atoms. The van der Waals surface area contributed by atoms with Gasteiger partial charge in [0.1, 0.15) is 18.2 Å². The van der Waals surface area contributed by atoms with Crippen molar-refractivity contribution in [2.45, 2.75) is 50.3 Å². The standard InChI is InChI=1S/C23H23F5N4O4/c1-22(13-10-29-12-30-11-13,21(34)31-14-4-6-35-7-5-14)32(20(33)16-9-17(16)24)19-3-2-15(8-18(19)25)36-23(26,27)28/h2-3,8,10-12,14,16-17H,4-7,9H2,1H3,(H,31,34)/t16?,17-,22+/m1/s1. The summed E-state index contributed by atoms with van der Waals surface area (Å²) >= 11 is 0. The summed E-state index contributed by atoms with van der Waals surface area (Å²) in [6, 6.07) is 1.83. The van der Waals surface area contributed by atoms with Crippen LogP contribution in [0.5, 0.6) is 5.75 Å². The van der Waals surface area contributed by atoms with Crippen molar-refractivity contribution >= 4 is 17.5 Å². The quantitative estimate of drug-likeness (QED) is 0.570. The van der Waals surface area contributed by atoms with Gasteiger partial charge >= 0.3 is 6.36 Å². The SMILES string of the molecule is C[C@@](C(=O)NC1CCOCC1)(c1cncnc1)N(C(=O)C1C[C@H]1F)c1ccc(OC(F)(F)F)cc1F. The van der Waals surface area contributed by atoms with E-state index in [4.69, 9.17) is 4.74 Å². The summed E-state index contributed by atoms with van der Waals surface area (Å²) in [5, 5.41) is 2.84. The molecule has 1 aromatic carbocycles. The van der Waals surface area contributed by atoms with Crippen molar-refractivity contribution in [1.82, 2.24) is 15.3 Å². The Hall–Kier alpha value is -3.35. The lowest BCUT2D eigenvalue weighted by Crippen LogP contribution is -2.60. The summed E-state index contributed by atoms with van der Waals surface area (Å²) in [5.74, 6) is -4.90. The third kappa shape index (κ3) is 5.40. The summed E-state index contributed by atoms with van der Waals surface area (Å²) < 4.78 is 76.2. The molecule has 2 aliphatic rings. The highest BCUT2D eigenvalue weighted by atomic mass is 19.4. The molecule has 1 N–H and O–H groups in total. The van der Waals surface area contributed by atoms with Gasteiger partial charge in [0.25, 0.3) is 5.91 Å². The zero-order valence-electron chi connectivity index (χ0n) is 19.1. The number of anilines is 1. The van der Waals surface area contributed by atoms with Gasteiger partial charge in [-0.25, -0.2) is 18.7 Å². The Bertz CT molecular complexity index is 1110. The lowest BCUT2D eigenvalue weighted by atomic mass is 9.88. The van der Waals surface area contributed by atoms with Crippen molar-refractivity contribution in [2.75, 3.05) is 18.1 Å². The lowest BCUT2D eigenvalue weighted by Gasteiger charge is -2.41. The first-order valence-electron chi connectivity index (χ1n) is 11.2. The van der Waals surface area contributed by atoms with E-state index in [1.54, 1.807) is 0 Å². The molecule has 1 saturated heterocycles. The van der Waals surface area contributed by atoms with Crippen molar-refractivity contribution in [3.8, 4) is 5.75 Å². The van der Waals surface area contributed by atoms with Gasteiger partial charge in [-0.05, 0) is 38.3 Å². The second kappa shape index (κ2) is 9.96. The topological polar surface area (TPSA) is 93.6 Å². The van der Waals surface area contributed by atoms with E-state index in [0.717, 1.165) is 17.0 Å². The van der Waals surface area contributed by atoms with E-state index in [-0.39, 0.29) is 18.0 Å². The van der Waals surface area contributed by atoms with Crippen LogP contribution < -0.4 is 15.0 Å². The highest BCUT2D eigenvalue weighted by Gasteiger charge is 2.54. The van der Waals surface area contributed by atoms with Gasteiger partial charge in [-0.1, -0.05) is 0 Å². The molecular weight excluding hydrogens is 491 g/mol. The van der Waals surface area contributed by atoms with Crippen LogP contribution in [0.2, 0.25) is 0 Å². The number of hydrogen-bond donors (Lipinski definition) is 1. The van der Waals surface area contributed by atoms with E-state index in [1.807, 2.05) is 0 Å². The van der Waals surface area contributed by atoms with Crippen LogP contribution in [0.4, 0.5) is 27.6 Å². The maximum Gasteiger partial charge on any atom is 0.573 e. The summed E-state index contributed by atoms with van der Waals surface area (Å²) in [5.41, 5.74) is -2.41. The van der Waals surface area contributed by atoms with Gasteiger partial charge in [0.2, 0.25) is 5.91 Å². The molecule has 1 unspecified atom stereocenters. The van der Waals surface area contributed by atoms with Gasteiger partial charge in [0.05, 0.1) is 11.6 Å². The smallest absolute Gasteiger partial charge is 0.406 e. The number of ether oxygens (including phenoxy) is 2. The Morgan fingerprint density at radius 1 is 1.17 bits per heavy atom. The summed E-state index contributed by atoms with van der Waals surface area (Å²) in [6.45, 7) is 2.13. The predicted octanol–water partition coefficient (Wildman–Crippen LogP) is 3.42. The molecule has 2 amide bonds. The number of aromatic nitrogens is 2. The monoisotopic (exact) mass is 514 g/mol. The first-order chi connectivity index (χ1) is 17.0. The van der Waals surface area contributed by atoms with Crippen molar-refractivity contribution in [1.29, 1.82) is 0 Å². The molecule has 0 radical (unpaired) electrons. The Labute approximate surface area is 202 Å². The largest absolute Gasteiger partial charge is 0.573 e. The zero-order valence-corrected chi connectivity index (χ0v) is 19.1. The highest BCUT2D eigenvalue weighted by Crippen LogP contribution is 2.43. The number of amides is 2. The fourth-order valence-corrected chi connectivity index (χ4v) is 4.11. The second-order valence-corrected chi connectivity index (χ2v) is 8.75. The van der Waals surface area contributed by atoms with Crippen molar-refractivity contribution < 1.29 is 41.0 Å². The van der Waals surface area contributed by atoms with E-state index >= 15 is 4.39 Å². The molecule has 1 aliphatic carbocycles. The molecule has 13 heteroatoms. The van der Waals surface area contributed by atoms with E-state index in [2.05, 4.69) is 20.0 Å². The fourth-order valence-electron chi connectivity index (χ4n) is 4.11. The normalized spacial score (nSPS) is 21.8. The van der Waals surface area contributed by atoms with Crippen molar-refractivity contribution in [3.63, 3.8) is 0 Å². The molecule has 1 saturated carbocycles. The number of benzene rings is 1. The second-order valence-electron chi connectivity index (χ2n) is 8.75. The summed E-state index contributed by atoms with van der Waals surface area (Å²) in [4.78, 5) is 35.8. The van der Waals surface area contributed by atoms with Crippen LogP contribution in [0.15, 0.2) is 36.9 Å².